The quantitative estimate of drug-likeness (QED) is 0.634. The molecule has 33 heavy (non-hydrogen) atoms. The molecule has 0 unspecified atom stereocenters. The molecule has 1 aliphatic rings. The third kappa shape index (κ3) is 5.24. The first kappa shape index (κ1) is 22.6. The minimum atomic E-state index is -0.516. The van der Waals surface area contributed by atoms with Crippen LogP contribution in [0.3, 0.4) is 0 Å². The molecule has 9 nitrogen and oxygen atoms in total. The monoisotopic (exact) mass is 451 g/mol. The Morgan fingerprint density at radius 1 is 1.18 bits per heavy atom. The maximum absolute atomic E-state index is 12.9. The van der Waals surface area contributed by atoms with Crippen LogP contribution < -0.4 is 10.9 Å². The summed E-state index contributed by atoms with van der Waals surface area (Å²) in [6.45, 7) is 7.23. The number of hydrogen-bond donors (Lipinski definition) is 2. The molecule has 3 heterocycles. The van der Waals surface area contributed by atoms with E-state index in [1.807, 2.05) is 51.1 Å². The van der Waals surface area contributed by atoms with Crippen molar-refractivity contribution in [2.24, 2.45) is 5.92 Å². The van der Waals surface area contributed by atoms with Crippen LogP contribution in [-0.4, -0.2) is 56.7 Å². The Hall–Kier alpha value is -3.62. The first-order valence-electron chi connectivity index (χ1n) is 11.1. The lowest BCUT2D eigenvalue weighted by Crippen LogP contribution is -2.43. The molecule has 9 heteroatoms. The fraction of sp³-hybridized carbons (Fsp3) is 0.417. The van der Waals surface area contributed by atoms with Crippen LogP contribution in [0.1, 0.15) is 44.0 Å². The normalized spacial score (nSPS) is 14.9. The molecule has 0 aliphatic carbocycles. The van der Waals surface area contributed by atoms with Crippen molar-refractivity contribution in [3.8, 4) is 11.3 Å². The predicted molar refractivity (Wildman–Crippen MR) is 124 cm³/mol. The SMILES string of the molecule is CC(C)(C)OC(=O)N1CCC(CNC(=O)c2c[nH]n3c(=O)cc(-c4ccccc4)nc23)CC1. The van der Waals surface area contributed by atoms with Gasteiger partial charge in [0.25, 0.3) is 11.5 Å². The third-order valence-corrected chi connectivity index (χ3v) is 5.63. The number of piperidine rings is 1. The van der Waals surface area contributed by atoms with Crippen molar-refractivity contribution >= 4 is 17.6 Å². The van der Waals surface area contributed by atoms with E-state index >= 15 is 0 Å². The lowest BCUT2D eigenvalue weighted by molar-refractivity contribution is 0.0183. The molecule has 2 aromatic heterocycles. The van der Waals surface area contributed by atoms with Crippen LogP contribution in [0.2, 0.25) is 0 Å². The number of carbonyl (C=O) groups is 2. The fourth-order valence-corrected chi connectivity index (χ4v) is 3.88. The van der Waals surface area contributed by atoms with Crippen LogP contribution >= 0.6 is 0 Å². The van der Waals surface area contributed by atoms with Gasteiger partial charge in [0.05, 0.1) is 5.69 Å². The predicted octanol–water partition coefficient (Wildman–Crippen LogP) is 3.07. The Kier molecular flexibility index (Phi) is 6.22. The summed E-state index contributed by atoms with van der Waals surface area (Å²) in [6, 6.07) is 10.8. The summed E-state index contributed by atoms with van der Waals surface area (Å²) in [5, 5.41) is 5.77. The number of rotatable bonds is 4. The van der Waals surface area contributed by atoms with Crippen molar-refractivity contribution < 1.29 is 14.3 Å². The lowest BCUT2D eigenvalue weighted by atomic mass is 9.97. The molecule has 0 saturated carbocycles. The highest BCUT2D eigenvalue weighted by atomic mass is 16.6. The van der Waals surface area contributed by atoms with Crippen LogP contribution in [0.5, 0.6) is 0 Å². The Bertz CT molecular complexity index is 1200. The smallest absolute Gasteiger partial charge is 0.410 e. The number of nitrogens with zero attached hydrogens (tertiary/aromatic N) is 3. The molecule has 1 saturated heterocycles. The topological polar surface area (TPSA) is 109 Å². The molecule has 1 aliphatic heterocycles. The van der Waals surface area contributed by atoms with Crippen LogP contribution in [0.4, 0.5) is 4.79 Å². The van der Waals surface area contributed by atoms with E-state index in [9.17, 15) is 14.4 Å². The number of amides is 2. The van der Waals surface area contributed by atoms with E-state index in [1.54, 1.807) is 4.90 Å². The highest BCUT2D eigenvalue weighted by molar-refractivity contribution is 5.99. The van der Waals surface area contributed by atoms with E-state index in [0.717, 1.165) is 18.4 Å². The Labute approximate surface area is 191 Å². The molecule has 1 fully saturated rings. The van der Waals surface area contributed by atoms with Gasteiger partial charge in [-0.05, 0) is 39.5 Å². The Morgan fingerprint density at radius 3 is 2.55 bits per heavy atom. The standard InChI is InChI=1S/C24H29N5O4/c1-24(2,3)33-23(32)28-11-9-16(10-12-28)14-25-22(31)18-15-26-29-20(30)13-19(27-21(18)29)17-7-5-4-6-8-17/h4-8,13,15-16,26H,9-12,14H2,1-3H3,(H,25,31). The average Bonchev–Trinajstić information content (AvgIpc) is 3.22. The molecule has 3 aromatic rings. The molecule has 0 radical (unpaired) electrons. The van der Waals surface area contributed by atoms with E-state index < -0.39 is 5.60 Å². The van der Waals surface area contributed by atoms with Gasteiger partial charge in [0.1, 0.15) is 11.2 Å². The minimum absolute atomic E-state index is 0.258. The highest BCUT2D eigenvalue weighted by Gasteiger charge is 2.27. The number of likely N-dealkylation sites (tertiary alicyclic amines) is 1. The van der Waals surface area contributed by atoms with Crippen molar-refractivity contribution in [3.05, 3.63) is 58.5 Å². The van der Waals surface area contributed by atoms with Crippen molar-refractivity contribution in [1.82, 2.24) is 24.8 Å². The Morgan fingerprint density at radius 2 is 1.88 bits per heavy atom. The number of aromatic amines is 1. The molecule has 1 aromatic carbocycles. The van der Waals surface area contributed by atoms with Gasteiger partial charge in [-0.3, -0.25) is 14.7 Å². The van der Waals surface area contributed by atoms with Crippen molar-refractivity contribution in [2.45, 2.75) is 39.2 Å². The second kappa shape index (κ2) is 9.09. The van der Waals surface area contributed by atoms with Gasteiger partial charge in [0, 0.05) is 37.5 Å². The molecule has 0 bridgehead atoms. The maximum Gasteiger partial charge on any atom is 0.410 e. The van der Waals surface area contributed by atoms with E-state index in [4.69, 9.17) is 4.74 Å². The van der Waals surface area contributed by atoms with Gasteiger partial charge in [-0.1, -0.05) is 30.3 Å². The van der Waals surface area contributed by atoms with E-state index in [2.05, 4.69) is 15.4 Å². The summed E-state index contributed by atoms with van der Waals surface area (Å²) in [6.07, 6.45) is 2.76. The number of ether oxygens (including phenoxy) is 1. The molecular weight excluding hydrogens is 422 g/mol. The summed E-state index contributed by atoms with van der Waals surface area (Å²) < 4.78 is 6.70. The zero-order chi connectivity index (χ0) is 23.6. The molecule has 4 rings (SSSR count). The summed E-state index contributed by atoms with van der Waals surface area (Å²) in [5.41, 5.74) is 1.13. The molecule has 0 atom stereocenters. The molecule has 2 N–H and O–H groups in total. The third-order valence-electron chi connectivity index (χ3n) is 5.63. The first-order chi connectivity index (χ1) is 15.7. The Balaban J connectivity index is 1.39. The summed E-state index contributed by atoms with van der Waals surface area (Å²) >= 11 is 0. The number of fused-ring (bicyclic) bond motifs is 1. The number of aromatic nitrogens is 3. The van der Waals surface area contributed by atoms with Crippen molar-refractivity contribution in [2.75, 3.05) is 19.6 Å². The molecular formula is C24H29N5O4. The molecule has 0 spiro atoms. The molecule has 2 amide bonds. The van der Waals surface area contributed by atoms with Gasteiger partial charge < -0.3 is 15.0 Å². The number of carbonyl (C=O) groups excluding carboxylic acids is 2. The first-order valence-corrected chi connectivity index (χ1v) is 11.1. The zero-order valence-corrected chi connectivity index (χ0v) is 19.1. The molecule has 174 valence electrons. The van der Waals surface area contributed by atoms with Gasteiger partial charge in [-0.15, -0.1) is 0 Å². The van der Waals surface area contributed by atoms with Crippen LogP contribution in [0, 0.1) is 5.92 Å². The second-order valence-electron chi connectivity index (χ2n) is 9.31. The maximum atomic E-state index is 12.9. The number of hydrogen-bond acceptors (Lipinski definition) is 5. The largest absolute Gasteiger partial charge is 0.444 e. The van der Waals surface area contributed by atoms with Crippen molar-refractivity contribution in [3.63, 3.8) is 0 Å². The lowest BCUT2D eigenvalue weighted by Gasteiger charge is -2.33. The summed E-state index contributed by atoms with van der Waals surface area (Å²) in [4.78, 5) is 43.9. The highest BCUT2D eigenvalue weighted by Crippen LogP contribution is 2.20. The van der Waals surface area contributed by atoms with E-state index in [1.165, 1.54) is 16.8 Å². The average molecular weight is 452 g/mol. The number of benzene rings is 1. The van der Waals surface area contributed by atoms with Gasteiger partial charge >= 0.3 is 6.09 Å². The summed E-state index contributed by atoms with van der Waals surface area (Å²) in [7, 11) is 0. The van der Waals surface area contributed by atoms with Crippen molar-refractivity contribution in [1.29, 1.82) is 0 Å². The minimum Gasteiger partial charge on any atom is -0.444 e. The second-order valence-corrected chi connectivity index (χ2v) is 9.31. The van der Waals surface area contributed by atoms with Gasteiger partial charge in [0.2, 0.25) is 0 Å². The van der Waals surface area contributed by atoms with Crippen LogP contribution in [-0.2, 0) is 4.74 Å². The van der Waals surface area contributed by atoms with Crippen LogP contribution in [0.15, 0.2) is 47.4 Å². The number of nitrogens with one attached hydrogen (secondary N) is 2. The fourth-order valence-electron chi connectivity index (χ4n) is 3.88. The van der Waals surface area contributed by atoms with E-state index in [-0.39, 0.29) is 23.5 Å². The zero-order valence-electron chi connectivity index (χ0n) is 19.1. The van der Waals surface area contributed by atoms with Crippen LogP contribution in [0.25, 0.3) is 16.9 Å². The van der Waals surface area contributed by atoms with E-state index in [0.29, 0.717) is 36.5 Å². The number of H-pyrrole nitrogens is 1. The van der Waals surface area contributed by atoms with Gasteiger partial charge in [-0.25, -0.2) is 14.3 Å². The van der Waals surface area contributed by atoms with Gasteiger partial charge in [-0.2, -0.15) is 0 Å². The van der Waals surface area contributed by atoms with Gasteiger partial charge in [0.15, 0.2) is 5.65 Å². The summed E-state index contributed by atoms with van der Waals surface area (Å²) in [5.74, 6) is -0.0335.